The van der Waals surface area contributed by atoms with Crippen molar-refractivity contribution in [2.75, 3.05) is 18.5 Å². The smallest absolute Gasteiger partial charge is 0.269 e. The Morgan fingerprint density at radius 3 is 2.30 bits per heavy atom. The number of carbonyl (C=O) groups excluding carboxylic acids is 1. The molecule has 0 aliphatic heterocycles. The first-order chi connectivity index (χ1) is 9.36. The molecule has 0 heterocycles. The molecule has 2 N–H and O–H groups in total. The standard InChI is InChI=1S/C14H21N3O3/c1-10(2)8-11(9-15)14(18)16(3)12-4-6-13(7-5-12)17(19)20/h4-7,10-11H,8-9,15H2,1-3H3. The Kier molecular flexibility index (Phi) is 5.64. The molecule has 0 fully saturated rings. The highest BCUT2D eigenvalue weighted by atomic mass is 16.6. The summed E-state index contributed by atoms with van der Waals surface area (Å²) < 4.78 is 0. The van der Waals surface area contributed by atoms with Crippen LogP contribution >= 0.6 is 0 Å². The summed E-state index contributed by atoms with van der Waals surface area (Å²) in [5.41, 5.74) is 6.30. The Bertz CT molecular complexity index is 471. The largest absolute Gasteiger partial charge is 0.330 e. The number of nitrogens with two attached hydrogens (primary N) is 1. The second-order valence-corrected chi connectivity index (χ2v) is 5.23. The van der Waals surface area contributed by atoms with Gasteiger partial charge in [-0.25, -0.2) is 0 Å². The monoisotopic (exact) mass is 279 g/mol. The van der Waals surface area contributed by atoms with Gasteiger partial charge >= 0.3 is 0 Å². The van der Waals surface area contributed by atoms with E-state index in [9.17, 15) is 14.9 Å². The third-order valence-electron chi connectivity index (χ3n) is 3.17. The van der Waals surface area contributed by atoms with Crippen molar-refractivity contribution >= 4 is 17.3 Å². The van der Waals surface area contributed by atoms with Crippen LogP contribution in [-0.2, 0) is 4.79 Å². The molecule has 20 heavy (non-hydrogen) atoms. The van der Waals surface area contributed by atoms with Crippen LogP contribution in [0.3, 0.4) is 0 Å². The Labute approximate surface area is 118 Å². The first kappa shape index (κ1) is 16.1. The number of benzene rings is 1. The number of amides is 1. The first-order valence-electron chi connectivity index (χ1n) is 6.59. The summed E-state index contributed by atoms with van der Waals surface area (Å²) in [6.07, 6.45) is 0.729. The van der Waals surface area contributed by atoms with Crippen LogP contribution in [0.15, 0.2) is 24.3 Å². The van der Waals surface area contributed by atoms with Crippen LogP contribution in [0.25, 0.3) is 0 Å². The molecule has 6 nitrogen and oxygen atoms in total. The molecule has 0 spiro atoms. The maximum Gasteiger partial charge on any atom is 0.269 e. The average Bonchev–Trinajstić information content (AvgIpc) is 2.43. The fourth-order valence-corrected chi connectivity index (χ4v) is 2.07. The van der Waals surface area contributed by atoms with E-state index in [2.05, 4.69) is 0 Å². The molecule has 1 unspecified atom stereocenters. The SMILES string of the molecule is CC(C)CC(CN)C(=O)N(C)c1ccc([N+](=O)[O-])cc1. The van der Waals surface area contributed by atoms with Crippen molar-refractivity contribution in [1.29, 1.82) is 0 Å². The second-order valence-electron chi connectivity index (χ2n) is 5.23. The highest BCUT2D eigenvalue weighted by Crippen LogP contribution is 2.21. The van der Waals surface area contributed by atoms with Crippen molar-refractivity contribution in [3.8, 4) is 0 Å². The normalized spacial score (nSPS) is 12.2. The third-order valence-corrected chi connectivity index (χ3v) is 3.17. The molecule has 1 aromatic rings. The molecule has 110 valence electrons. The molecule has 1 atom stereocenters. The van der Waals surface area contributed by atoms with E-state index in [1.807, 2.05) is 13.8 Å². The molecule has 6 heteroatoms. The van der Waals surface area contributed by atoms with Crippen LogP contribution in [0.5, 0.6) is 0 Å². The minimum Gasteiger partial charge on any atom is -0.330 e. The van der Waals surface area contributed by atoms with Gasteiger partial charge in [-0.3, -0.25) is 14.9 Å². The molecule has 1 aromatic carbocycles. The molecule has 0 aliphatic carbocycles. The Balaban J connectivity index is 2.84. The van der Waals surface area contributed by atoms with Gasteiger partial charge in [-0.15, -0.1) is 0 Å². The van der Waals surface area contributed by atoms with Crippen LogP contribution in [0.4, 0.5) is 11.4 Å². The predicted molar refractivity (Wildman–Crippen MR) is 78.5 cm³/mol. The lowest BCUT2D eigenvalue weighted by Gasteiger charge is -2.24. The second kappa shape index (κ2) is 7.00. The zero-order valence-corrected chi connectivity index (χ0v) is 12.1. The van der Waals surface area contributed by atoms with Crippen molar-refractivity contribution in [2.45, 2.75) is 20.3 Å². The molecular formula is C14H21N3O3. The van der Waals surface area contributed by atoms with E-state index in [0.717, 1.165) is 6.42 Å². The van der Waals surface area contributed by atoms with E-state index in [1.165, 1.54) is 17.0 Å². The molecule has 0 aliphatic rings. The zero-order valence-electron chi connectivity index (χ0n) is 12.1. The van der Waals surface area contributed by atoms with Gasteiger partial charge in [-0.2, -0.15) is 0 Å². The summed E-state index contributed by atoms with van der Waals surface area (Å²) in [4.78, 5) is 24.0. The van der Waals surface area contributed by atoms with E-state index in [-0.39, 0.29) is 17.5 Å². The summed E-state index contributed by atoms with van der Waals surface area (Å²) in [6.45, 7) is 4.39. The van der Waals surface area contributed by atoms with Gasteiger partial charge in [0.05, 0.1) is 10.8 Å². The summed E-state index contributed by atoms with van der Waals surface area (Å²) >= 11 is 0. The van der Waals surface area contributed by atoms with Gasteiger partial charge in [0, 0.05) is 31.4 Å². The molecule has 0 bridgehead atoms. The summed E-state index contributed by atoms with van der Waals surface area (Å²) in [5.74, 6) is 0.100. The van der Waals surface area contributed by atoms with E-state index >= 15 is 0 Å². The lowest BCUT2D eigenvalue weighted by atomic mass is 9.96. The highest BCUT2D eigenvalue weighted by molar-refractivity contribution is 5.94. The number of hydrogen-bond acceptors (Lipinski definition) is 4. The van der Waals surface area contributed by atoms with Crippen molar-refractivity contribution in [2.24, 2.45) is 17.6 Å². The van der Waals surface area contributed by atoms with Crippen LogP contribution in [0, 0.1) is 22.0 Å². The Morgan fingerprint density at radius 2 is 1.90 bits per heavy atom. The Hall–Kier alpha value is -1.95. The van der Waals surface area contributed by atoms with E-state index in [4.69, 9.17) is 5.73 Å². The summed E-state index contributed by atoms with van der Waals surface area (Å²) in [7, 11) is 1.66. The van der Waals surface area contributed by atoms with Gasteiger partial charge in [0.15, 0.2) is 0 Å². The summed E-state index contributed by atoms with van der Waals surface area (Å²) in [5, 5.41) is 10.6. The number of hydrogen-bond donors (Lipinski definition) is 1. The van der Waals surface area contributed by atoms with Gasteiger partial charge in [0.25, 0.3) is 5.69 Å². The number of carbonyl (C=O) groups is 1. The van der Waals surface area contributed by atoms with Crippen molar-refractivity contribution < 1.29 is 9.72 Å². The van der Waals surface area contributed by atoms with Gasteiger partial charge in [-0.1, -0.05) is 13.8 Å². The van der Waals surface area contributed by atoms with Crippen molar-refractivity contribution in [1.82, 2.24) is 0 Å². The van der Waals surface area contributed by atoms with Gasteiger partial charge in [0.2, 0.25) is 5.91 Å². The minimum absolute atomic E-state index is 0.00662. The quantitative estimate of drug-likeness (QED) is 0.638. The number of rotatable bonds is 6. The van der Waals surface area contributed by atoms with E-state index in [1.54, 1.807) is 19.2 Å². The Morgan fingerprint density at radius 1 is 1.35 bits per heavy atom. The van der Waals surface area contributed by atoms with E-state index in [0.29, 0.717) is 18.2 Å². The van der Waals surface area contributed by atoms with Gasteiger partial charge < -0.3 is 10.6 Å². The average molecular weight is 279 g/mol. The molecule has 1 rings (SSSR count). The highest BCUT2D eigenvalue weighted by Gasteiger charge is 2.22. The number of nitro groups is 1. The maximum absolute atomic E-state index is 12.3. The molecular weight excluding hydrogens is 258 g/mol. The lowest BCUT2D eigenvalue weighted by molar-refractivity contribution is -0.384. The number of nitro benzene ring substituents is 1. The summed E-state index contributed by atoms with van der Waals surface area (Å²) in [6, 6.07) is 5.91. The molecule has 1 amide bonds. The first-order valence-corrected chi connectivity index (χ1v) is 6.59. The fraction of sp³-hybridized carbons (Fsp3) is 0.500. The van der Waals surface area contributed by atoms with Crippen molar-refractivity contribution in [3.05, 3.63) is 34.4 Å². The number of anilines is 1. The van der Waals surface area contributed by atoms with E-state index < -0.39 is 4.92 Å². The topological polar surface area (TPSA) is 89.5 Å². The van der Waals surface area contributed by atoms with Crippen molar-refractivity contribution in [3.63, 3.8) is 0 Å². The molecule has 0 radical (unpaired) electrons. The fourth-order valence-electron chi connectivity index (χ4n) is 2.07. The minimum atomic E-state index is -0.465. The number of nitrogens with zero attached hydrogens (tertiary/aromatic N) is 2. The number of non-ortho nitro benzene ring substituents is 1. The van der Waals surface area contributed by atoms with Crippen LogP contribution in [0.2, 0.25) is 0 Å². The van der Waals surface area contributed by atoms with Crippen LogP contribution in [-0.4, -0.2) is 24.4 Å². The predicted octanol–water partition coefficient (Wildman–Crippen LogP) is 2.18. The van der Waals surface area contributed by atoms with Crippen LogP contribution in [0.1, 0.15) is 20.3 Å². The van der Waals surface area contributed by atoms with Gasteiger partial charge in [-0.05, 0) is 24.5 Å². The molecule has 0 aromatic heterocycles. The lowest BCUT2D eigenvalue weighted by Crippen LogP contribution is -2.37. The molecule has 0 saturated heterocycles. The maximum atomic E-state index is 12.3. The van der Waals surface area contributed by atoms with Crippen LogP contribution < -0.4 is 10.6 Å². The third kappa shape index (κ3) is 4.03. The zero-order chi connectivity index (χ0) is 15.3. The van der Waals surface area contributed by atoms with Gasteiger partial charge in [0.1, 0.15) is 0 Å². The molecule has 0 saturated carbocycles.